The van der Waals surface area contributed by atoms with E-state index in [-0.39, 0.29) is 0 Å². The van der Waals surface area contributed by atoms with Crippen molar-refractivity contribution in [2.75, 3.05) is 6.51 Å². The summed E-state index contributed by atoms with van der Waals surface area (Å²) in [5.41, 5.74) is 0. The first-order chi connectivity index (χ1) is 1.91. The van der Waals surface area contributed by atoms with E-state index in [2.05, 4.69) is 0 Å². The van der Waals surface area contributed by atoms with Crippen LogP contribution in [0.1, 0.15) is 0 Å². The van der Waals surface area contributed by atoms with Crippen molar-refractivity contribution in [2.45, 2.75) is 0 Å². The van der Waals surface area contributed by atoms with Gasteiger partial charge in [-0.3, -0.25) is 0 Å². The summed E-state index contributed by atoms with van der Waals surface area (Å²) in [5.74, 6) is 0. The van der Waals surface area contributed by atoms with Crippen molar-refractivity contribution in [2.24, 2.45) is 0 Å². The number of hydrogen-bond acceptors (Lipinski definition) is 1. The summed E-state index contributed by atoms with van der Waals surface area (Å²) in [5, 5.41) is 7.88. The monoisotopic (exact) mass is 56.1 g/mol. The Labute approximate surface area is 27.7 Å². The number of rotatable bonds is 1. The molecule has 4 heavy (non-hydrogen) atoms. The lowest BCUT2D eigenvalue weighted by Gasteiger charge is -1.65. The Hall–Kier alpha value is 0.0899. The van der Waals surface area contributed by atoms with Gasteiger partial charge >= 0.3 is 0 Å². The smallest absolute Gasteiger partial charge is 0.115 e. The molecule has 0 fully saturated rings. The van der Waals surface area contributed by atoms with Gasteiger partial charge in [-0.05, 0) is 0 Å². The third-order valence-electron chi connectivity index (χ3n) is 0.224. The van der Waals surface area contributed by atoms with Crippen LogP contribution >= 0.6 is 0 Å². The Kier molecular flexibility index (Phi) is 3.16. The molecule has 0 aromatic rings. The van der Waals surface area contributed by atoms with E-state index in [0.29, 0.717) is 6.51 Å². The fourth-order valence-corrected chi connectivity index (χ4v) is 0. The summed E-state index contributed by atoms with van der Waals surface area (Å²) in [6, 6.07) is 0. The normalized spacial score (nSPS) is 6.25. The average Bonchev–Trinajstić information content (AvgIpc) is 1.37. The van der Waals surface area contributed by atoms with E-state index >= 15 is 0 Å². The Morgan fingerprint density at radius 2 is 2.25 bits per heavy atom. The quantitative estimate of drug-likeness (QED) is 0.342. The van der Waals surface area contributed by atoms with E-state index < -0.39 is 0 Å². The molecule has 0 aromatic carbocycles. The second-order valence-electron chi connectivity index (χ2n) is 0.724. The molecular weight excluding hydrogens is 49.6 g/mol. The summed E-state index contributed by atoms with van der Waals surface area (Å²) in [4.78, 5) is 0. The minimum Gasteiger partial charge on any atom is -0.406 e. The maximum absolute atomic E-state index is 7.88. The van der Waals surface area contributed by atoms with Crippen molar-refractivity contribution in [3.8, 4) is 0 Å². The third kappa shape index (κ3) is 2.09. The molecule has 22 valence electrons. The molecule has 0 unspecified atom stereocenters. The van der Waals surface area contributed by atoms with Crippen molar-refractivity contribution in [1.29, 1.82) is 0 Å². The van der Waals surface area contributed by atoms with Crippen LogP contribution in [-0.4, -0.2) is 26.5 Å². The molecule has 1 N–H and O–H groups in total. The number of hydrogen-bond donors (Lipinski definition) is 1. The van der Waals surface area contributed by atoms with Crippen LogP contribution in [0.5, 0.6) is 0 Å². The van der Waals surface area contributed by atoms with Crippen LogP contribution in [0.3, 0.4) is 0 Å². The van der Waals surface area contributed by atoms with E-state index in [1.54, 1.807) is 0 Å². The number of aliphatic hydroxyl groups is 1. The van der Waals surface area contributed by atoms with Gasteiger partial charge < -0.3 is 5.11 Å². The summed E-state index contributed by atoms with van der Waals surface area (Å²) in [7, 11) is 2.81. The van der Waals surface area contributed by atoms with Crippen LogP contribution in [0.15, 0.2) is 0 Å². The van der Waals surface area contributed by atoms with Gasteiger partial charge in [-0.2, -0.15) is 0 Å². The standard InChI is InChI=1S/CH6B2O/c2-3-1-4/h3-4H,1-2H2. The highest BCUT2D eigenvalue weighted by Gasteiger charge is 1.64. The van der Waals surface area contributed by atoms with Crippen LogP contribution in [0, 0.1) is 0 Å². The summed E-state index contributed by atoms with van der Waals surface area (Å²) >= 11 is 0. The summed E-state index contributed by atoms with van der Waals surface area (Å²) in [6.45, 7) is 0.319. The van der Waals surface area contributed by atoms with E-state index in [0.717, 1.165) is 7.17 Å². The molecule has 0 amide bonds. The van der Waals surface area contributed by atoms with E-state index in [4.69, 9.17) is 5.11 Å². The Morgan fingerprint density at radius 3 is 2.25 bits per heavy atom. The molecular formula is CH6B2O. The second-order valence-corrected chi connectivity index (χ2v) is 0.724. The minimum atomic E-state index is 0.319. The molecule has 0 aromatic heterocycles. The molecule has 0 aliphatic rings. The van der Waals surface area contributed by atoms with Gasteiger partial charge in [-0.15, -0.1) is 0 Å². The summed E-state index contributed by atoms with van der Waals surface area (Å²) in [6.07, 6.45) is 0. The Morgan fingerprint density at radius 1 is 2.00 bits per heavy atom. The van der Waals surface area contributed by atoms with Gasteiger partial charge in [0.05, 0.1) is 7.74 Å². The lowest BCUT2D eigenvalue weighted by Crippen LogP contribution is -1.93. The van der Waals surface area contributed by atoms with Gasteiger partial charge in [0, 0.05) is 6.51 Å². The van der Waals surface area contributed by atoms with E-state index in [1.807, 2.05) is 7.74 Å². The fourth-order valence-electron chi connectivity index (χ4n) is 0. The molecule has 0 bridgehead atoms. The second kappa shape index (κ2) is 3.09. The molecule has 0 radical (unpaired) electrons. The summed E-state index contributed by atoms with van der Waals surface area (Å²) < 4.78 is 0. The predicted octanol–water partition coefficient (Wildman–Crippen LogP) is -2.08. The highest BCUT2D eigenvalue weighted by Crippen LogP contribution is 1.32. The van der Waals surface area contributed by atoms with Crippen LogP contribution in [0.2, 0.25) is 0 Å². The average molecular weight is 55.7 g/mol. The first kappa shape index (κ1) is 4.09. The highest BCUT2D eigenvalue weighted by atomic mass is 16.2. The number of aliphatic hydroxyl groups excluding tert-OH is 1. The van der Waals surface area contributed by atoms with Gasteiger partial charge in [0.1, 0.15) is 7.17 Å². The van der Waals surface area contributed by atoms with E-state index in [1.165, 1.54) is 0 Å². The Bertz CT molecular complexity index is 8.00. The highest BCUT2D eigenvalue weighted by molar-refractivity contribution is 6.89. The van der Waals surface area contributed by atoms with Crippen molar-refractivity contribution < 1.29 is 5.11 Å². The zero-order chi connectivity index (χ0) is 3.41. The van der Waals surface area contributed by atoms with Crippen molar-refractivity contribution >= 4 is 14.9 Å². The van der Waals surface area contributed by atoms with E-state index in [9.17, 15) is 0 Å². The van der Waals surface area contributed by atoms with Crippen LogP contribution in [0.25, 0.3) is 0 Å². The van der Waals surface area contributed by atoms with Crippen LogP contribution < -0.4 is 0 Å². The zero-order valence-corrected chi connectivity index (χ0v) is 2.86. The molecule has 3 heteroatoms. The maximum Gasteiger partial charge on any atom is 0.115 e. The predicted molar refractivity (Wildman–Crippen MR) is 22.8 cm³/mol. The molecule has 0 saturated carbocycles. The SMILES string of the molecule is BBCO. The molecule has 0 heterocycles. The first-order valence-corrected chi connectivity index (χ1v) is 1.52. The van der Waals surface area contributed by atoms with Crippen molar-refractivity contribution in [3.05, 3.63) is 0 Å². The lowest BCUT2D eigenvalue weighted by atomic mass is 9.57. The molecule has 0 aliphatic heterocycles. The van der Waals surface area contributed by atoms with Gasteiger partial charge in [0.2, 0.25) is 0 Å². The topological polar surface area (TPSA) is 20.2 Å². The van der Waals surface area contributed by atoms with Gasteiger partial charge in [0.15, 0.2) is 0 Å². The van der Waals surface area contributed by atoms with Gasteiger partial charge in [-0.25, -0.2) is 0 Å². The van der Waals surface area contributed by atoms with Crippen LogP contribution in [-0.2, 0) is 0 Å². The molecule has 0 aliphatic carbocycles. The van der Waals surface area contributed by atoms with Crippen molar-refractivity contribution in [1.82, 2.24) is 0 Å². The van der Waals surface area contributed by atoms with Crippen LogP contribution in [0.4, 0.5) is 0 Å². The van der Waals surface area contributed by atoms with Gasteiger partial charge in [0.25, 0.3) is 0 Å². The molecule has 1 nitrogen and oxygen atoms in total. The largest absolute Gasteiger partial charge is 0.406 e. The zero-order valence-electron chi connectivity index (χ0n) is 2.86. The maximum atomic E-state index is 7.88. The fraction of sp³-hybridized carbons (Fsp3) is 1.00. The molecule has 0 saturated heterocycles. The minimum absolute atomic E-state index is 0.319. The Balaban J connectivity index is 1.97. The molecule has 0 spiro atoms. The molecule has 0 atom stereocenters. The first-order valence-electron chi connectivity index (χ1n) is 1.52. The lowest BCUT2D eigenvalue weighted by molar-refractivity contribution is 0.368. The van der Waals surface area contributed by atoms with Crippen molar-refractivity contribution in [3.63, 3.8) is 0 Å². The van der Waals surface area contributed by atoms with Gasteiger partial charge in [-0.1, -0.05) is 0 Å². The molecule has 0 rings (SSSR count). The third-order valence-corrected chi connectivity index (χ3v) is 0.224.